The molecule has 3 fully saturated rings. The molecule has 5 atom stereocenters. The summed E-state index contributed by atoms with van der Waals surface area (Å²) in [7, 11) is 1.56. The average Bonchev–Trinajstić information content (AvgIpc) is 3.84. The molecule has 0 saturated heterocycles. The second-order valence-electron chi connectivity index (χ2n) is 13.1. The molecule has 3 N–H and O–H groups in total. The quantitative estimate of drug-likeness (QED) is 0.406. The zero-order valence-corrected chi connectivity index (χ0v) is 26.6. The van der Waals surface area contributed by atoms with Crippen LogP contribution in [0.5, 0.6) is 0 Å². The first kappa shape index (κ1) is 31.8. The highest BCUT2D eigenvalue weighted by molar-refractivity contribution is 7.91. The number of sulfonamides is 1. The molecule has 1 heterocycles. The maximum Gasteiger partial charge on any atom is 0.411 e. The molecule has 12 nitrogen and oxygen atoms in total. The van der Waals surface area contributed by atoms with Crippen molar-refractivity contribution in [1.29, 1.82) is 0 Å². The number of carbonyl (C=O) groups excluding carboxylic acids is 4. The lowest BCUT2D eigenvalue weighted by molar-refractivity contribution is -0.140. The van der Waals surface area contributed by atoms with Gasteiger partial charge in [-0.2, -0.15) is 0 Å². The number of rotatable bonds is 6. The van der Waals surface area contributed by atoms with E-state index in [-0.39, 0.29) is 31.1 Å². The van der Waals surface area contributed by atoms with Crippen LogP contribution in [0.25, 0.3) is 0 Å². The number of ether oxygens (including phenoxy) is 1. The Kier molecular flexibility index (Phi) is 8.71. The predicted octanol–water partition coefficient (Wildman–Crippen LogP) is 2.77. The van der Waals surface area contributed by atoms with E-state index in [4.69, 9.17) is 4.74 Å². The van der Waals surface area contributed by atoms with Gasteiger partial charge in [-0.05, 0) is 76.5 Å². The molecule has 1 unspecified atom stereocenters. The number of anilines is 2. The minimum Gasteiger partial charge on any atom is -0.446 e. The first-order valence-electron chi connectivity index (χ1n) is 15.3. The Balaban J connectivity index is 1.34. The third-order valence-electron chi connectivity index (χ3n) is 9.51. The Labute approximate surface area is 259 Å². The lowest BCUT2D eigenvalue weighted by Gasteiger charge is -2.27. The van der Waals surface area contributed by atoms with Crippen molar-refractivity contribution >= 4 is 45.2 Å². The number of allylic oxidation sites excluding steroid dienone is 1. The molecule has 0 spiro atoms. The van der Waals surface area contributed by atoms with Gasteiger partial charge in [0.1, 0.15) is 11.6 Å². The van der Waals surface area contributed by atoms with E-state index in [2.05, 4.69) is 15.4 Å². The molecule has 1 aromatic rings. The maximum absolute atomic E-state index is 13.9. The van der Waals surface area contributed by atoms with Crippen LogP contribution in [0.1, 0.15) is 58.3 Å². The van der Waals surface area contributed by atoms with Crippen LogP contribution in [0.15, 0.2) is 36.4 Å². The standard InChI is InChI=1S/C31H43N5O7S/c1-30(13-14-30)44(41,42)34-28(39)31-19-20(31)10-7-5-6-8-15-36(4)27(38)25-18-23(17-24(25)26(37)33-31)43-29(40)32-21-11-9-12-22(16-21)35(2)3/h7,9-12,16,20,23-25H,5-6,8,13-15,17-19H2,1-4H3,(H,32,40)(H,33,37)(H,34,39)/b10-7-/t20-,23-,24?,25-,31-/m1/s1. The average molecular weight is 630 g/mol. The van der Waals surface area contributed by atoms with Crippen LogP contribution in [-0.2, 0) is 29.1 Å². The Hall–Kier alpha value is -3.61. The second kappa shape index (κ2) is 12.1. The third kappa shape index (κ3) is 6.57. The van der Waals surface area contributed by atoms with Crippen molar-refractivity contribution in [3.63, 3.8) is 0 Å². The smallest absolute Gasteiger partial charge is 0.411 e. The van der Waals surface area contributed by atoms with Crippen molar-refractivity contribution in [3.05, 3.63) is 36.4 Å². The molecule has 1 aliphatic heterocycles. The summed E-state index contributed by atoms with van der Waals surface area (Å²) >= 11 is 0. The van der Waals surface area contributed by atoms with Crippen LogP contribution >= 0.6 is 0 Å². The monoisotopic (exact) mass is 629 g/mol. The molecule has 13 heteroatoms. The third-order valence-corrected chi connectivity index (χ3v) is 11.7. The van der Waals surface area contributed by atoms with Crippen molar-refractivity contribution in [2.45, 2.75) is 74.7 Å². The van der Waals surface area contributed by atoms with E-state index >= 15 is 0 Å². The van der Waals surface area contributed by atoms with Gasteiger partial charge >= 0.3 is 6.09 Å². The van der Waals surface area contributed by atoms with Gasteiger partial charge in [0, 0.05) is 45.0 Å². The normalized spacial score (nSPS) is 30.5. The number of nitrogens with zero attached hydrogens (tertiary/aromatic N) is 2. The van der Waals surface area contributed by atoms with Gasteiger partial charge in [-0.25, -0.2) is 13.2 Å². The number of hydrogen-bond donors (Lipinski definition) is 3. The molecule has 44 heavy (non-hydrogen) atoms. The minimum atomic E-state index is -3.92. The van der Waals surface area contributed by atoms with Crippen LogP contribution in [0.3, 0.4) is 0 Å². The minimum absolute atomic E-state index is 0.0931. The molecule has 1 aromatic carbocycles. The van der Waals surface area contributed by atoms with Crippen molar-refractivity contribution in [2.24, 2.45) is 17.8 Å². The molecule has 4 amide bonds. The lowest BCUT2D eigenvalue weighted by atomic mass is 9.93. The number of hydrogen-bond acceptors (Lipinski definition) is 8. The van der Waals surface area contributed by atoms with Gasteiger partial charge in [-0.3, -0.25) is 24.4 Å². The molecule has 4 aliphatic rings. The van der Waals surface area contributed by atoms with E-state index in [1.54, 1.807) is 31.0 Å². The fourth-order valence-electron chi connectivity index (χ4n) is 6.15. The Morgan fingerprint density at radius 1 is 1.11 bits per heavy atom. The molecular weight excluding hydrogens is 586 g/mol. The topological polar surface area (TPSA) is 154 Å². The fraction of sp³-hybridized carbons (Fsp3) is 0.613. The van der Waals surface area contributed by atoms with E-state index in [1.807, 2.05) is 43.3 Å². The summed E-state index contributed by atoms with van der Waals surface area (Å²) in [6.07, 6.45) is 6.17. The number of nitrogens with one attached hydrogen (secondary N) is 3. The molecule has 0 bridgehead atoms. The van der Waals surface area contributed by atoms with E-state index < -0.39 is 56.2 Å². The summed E-state index contributed by atoms with van der Waals surface area (Å²) < 4.78 is 32.7. The van der Waals surface area contributed by atoms with Crippen LogP contribution in [-0.4, -0.2) is 81.2 Å². The van der Waals surface area contributed by atoms with Crippen molar-refractivity contribution in [2.75, 3.05) is 37.9 Å². The summed E-state index contributed by atoms with van der Waals surface area (Å²) in [6.45, 7) is 2.12. The molecule has 0 aromatic heterocycles. The van der Waals surface area contributed by atoms with Crippen molar-refractivity contribution in [3.8, 4) is 0 Å². The summed E-state index contributed by atoms with van der Waals surface area (Å²) in [5.41, 5.74) is 0.00831. The first-order chi connectivity index (χ1) is 20.7. The van der Waals surface area contributed by atoms with Crippen LogP contribution in [0.2, 0.25) is 0 Å². The molecule has 240 valence electrons. The van der Waals surface area contributed by atoms with Gasteiger partial charge < -0.3 is 19.9 Å². The molecule has 5 rings (SSSR count). The highest BCUT2D eigenvalue weighted by Crippen LogP contribution is 2.48. The number of fused-ring (bicyclic) bond motifs is 2. The van der Waals surface area contributed by atoms with Gasteiger partial charge in [0.2, 0.25) is 21.8 Å². The molecule has 3 saturated carbocycles. The van der Waals surface area contributed by atoms with Gasteiger partial charge in [-0.1, -0.05) is 18.2 Å². The van der Waals surface area contributed by atoms with Crippen LogP contribution in [0, 0.1) is 17.8 Å². The van der Waals surface area contributed by atoms with E-state index in [0.717, 1.165) is 24.9 Å². The number of amides is 4. The SMILES string of the molecule is CN1CCCC/C=C\[C@@H]2C[C@@]2(C(=O)NS(=O)(=O)C2(C)CC2)NC(=O)C2C[C@@H](OC(=O)Nc3cccc(N(C)C)c3)C[C@H]2C1=O. The molecule has 3 aliphatic carbocycles. The van der Waals surface area contributed by atoms with E-state index in [1.165, 1.54) is 0 Å². The highest BCUT2D eigenvalue weighted by Gasteiger charge is 2.63. The number of benzene rings is 1. The molecular formula is C31H43N5O7S. The summed E-state index contributed by atoms with van der Waals surface area (Å²) in [6, 6.07) is 7.25. The Morgan fingerprint density at radius 2 is 1.84 bits per heavy atom. The lowest BCUT2D eigenvalue weighted by Crippen LogP contribution is -2.55. The highest BCUT2D eigenvalue weighted by atomic mass is 32.2. The van der Waals surface area contributed by atoms with Gasteiger partial charge in [0.05, 0.1) is 16.6 Å². The Bertz CT molecular complexity index is 1460. The van der Waals surface area contributed by atoms with Crippen LogP contribution in [0.4, 0.5) is 16.2 Å². The Morgan fingerprint density at radius 3 is 2.55 bits per heavy atom. The maximum atomic E-state index is 13.9. The van der Waals surface area contributed by atoms with E-state index in [0.29, 0.717) is 25.1 Å². The number of carbonyl (C=O) groups is 4. The van der Waals surface area contributed by atoms with Gasteiger partial charge in [-0.15, -0.1) is 0 Å². The summed E-state index contributed by atoms with van der Waals surface area (Å²) in [5.74, 6) is -3.51. The largest absolute Gasteiger partial charge is 0.446 e. The van der Waals surface area contributed by atoms with Crippen molar-refractivity contribution < 1.29 is 32.3 Å². The fourth-order valence-corrected chi connectivity index (χ4v) is 7.46. The zero-order valence-electron chi connectivity index (χ0n) is 25.8. The summed E-state index contributed by atoms with van der Waals surface area (Å²) in [4.78, 5) is 57.3. The van der Waals surface area contributed by atoms with E-state index in [9.17, 15) is 27.6 Å². The summed E-state index contributed by atoms with van der Waals surface area (Å²) in [5, 5.41) is 5.58. The van der Waals surface area contributed by atoms with Gasteiger partial charge in [0.15, 0.2) is 0 Å². The predicted molar refractivity (Wildman–Crippen MR) is 165 cm³/mol. The molecule has 0 radical (unpaired) electrons. The first-order valence-corrected chi connectivity index (χ1v) is 16.8. The van der Waals surface area contributed by atoms with Crippen molar-refractivity contribution in [1.82, 2.24) is 14.9 Å². The van der Waals surface area contributed by atoms with Crippen LogP contribution < -0.4 is 20.3 Å². The van der Waals surface area contributed by atoms with Gasteiger partial charge in [0.25, 0.3) is 5.91 Å². The zero-order chi connectivity index (χ0) is 31.9. The second-order valence-corrected chi connectivity index (χ2v) is 15.3.